The summed E-state index contributed by atoms with van der Waals surface area (Å²) in [6, 6.07) is 2.37. The summed E-state index contributed by atoms with van der Waals surface area (Å²) in [7, 11) is 0. The van der Waals surface area contributed by atoms with E-state index in [0.717, 1.165) is 6.07 Å². The summed E-state index contributed by atoms with van der Waals surface area (Å²) >= 11 is 1.64. The predicted octanol–water partition coefficient (Wildman–Crippen LogP) is 3.82. The third-order valence-electron chi connectivity index (χ3n) is 1.97. The lowest BCUT2D eigenvalue weighted by molar-refractivity contribution is -0.138. The minimum Gasteiger partial charge on any atom is -0.295 e. The first-order valence-corrected chi connectivity index (χ1v) is 5.19. The first kappa shape index (κ1) is 12.5. The van der Waals surface area contributed by atoms with Gasteiger partial charge in [0.25, 0.3) is 0 Å². The molecule has 1 aromatic rings. The Balaban J connectivity index is 3.45. The van der Waals surface area contributed by atoms with Crippen LogP contribution in [0.4, 0.5) is 13.2 Å². The first-order valence-electron chi connectivity index (χ1n) is 4.11. The van der Waals surface area contributed by atoms with Crippen LogP contribution in [0.15, 0.2) is 12.1 Å². The summed E-state index contributed by atoms with van der Waals surface area (Å²) in [5, 5.41) is 0. The van der Waals surface area contributed by atoms with Gasteiger partial charge in [-0.2, -0.15) is 13.2 Å². The van der Waals surface area contributed by atoms with Crippen molar-refractivity contribution in [3.8, 4) is 0 Å². The quantitative estimate of drug-likeness (QED) is 0.566. The van der Waals surface area contributed by atoms with Crippen molar-refractivity contribution in [1.82, 2.24) is 0 Å². The number of halogens is 4. The van der Waals surface area contributed by atoms with Gasteiger partial charge in [0.2, 0.25) is 0 Å². The third-order valence-corrected chi connectivity index (χ3v) is 3.40. The highest BCUT2D eigenvalue weighted by Gasteiger charge is 2.34. The molecule has 0 heterocycles. The molecule has 0 aliphatic carbocycles. The van der Waals surface area contributed by atoms with E-state index in [2.05, 4.69) is 0 Å². The molecule has 0 fully saturated rings. The second-order valence-corrected chi connectivity index (χ2v) is 4.29. The van der Waals surface area contributed by atoms with Gasteiger partial charge in [-0.05, 0) is 54.1 Å². The molecule has 1 nitrogen and oxygen atoms in total. The summed E-state index contributed by atoms with van der Waals surface area (Å²) in [6.45, 7) is 2.81. The highest BCUT2D eigenvalue weighted by Crippen LogP contribution is 2.35. The van der Waals surface area contributed by atoms with Gasteiger partial charge in [0.15, 0.2) is 5.78 Å². The summed E-state index contributed by atoms with van der Waals surface area (Å²) in [5.74, 6) is -0.361. The van der Waals surface area contributed by atoms with Crippen molar-refractivity contribution in [2.24, 2.45) is 0 Å². The minimum atomic E-state index is -4.41. The number of benzene rings is 1. The Hall–Kier alpha value is -0.590. The number of aryl methyl sites for hydroxylation is 1. The zero-order chi connectivity index (χ0) is 11.8. The predicted molar refractivity (Wildman–Crippen MR) is 58.9 cm³/mol. The maximum atomic E-state index is 12.6. The van der Waals surface area contributed by atoms with Crippen LogP contribution in [0.2, 0.25) is 0 Å². The largest absolute Gasteiger partial charge is 0.417 e. The molecule has 0 N–H and O–H groups in total. The van der Waals surface area contributed by atoms with Gasteiger partial charge in [-0.3, -0.25) is 4.79 Å². The molecule has 0 atom stereocenters. The summed E-state index contributed by atoms with van der Waals surface area (Å²) in [5.41, 5.74) is -0.177. The van der Waals surface area contributed by atoms with E-state index in [1.807, 2.05) is 0 Å². The van der Waals surface area contributed by atoms with Crippen molar-refractivity contribution in [3.63, 3.8) is 0 Å². The van der Waals surface area contributed by atoms with E-state index in [4.69, 9.17) is 0 Å². The Morgan fingerprint density at radius 2 is 1.87 bits per heavy atom. The molecule has 15 heavy (non-hydrogen) atoms. The zero-order valence-corrected chi connectivity index (χ0v) is 10.2. The number of carbonyl (C=O) groups excluding carboxylic acids is 1. The number of rotatable bonds is 1. The minimum absolute atomic E-state index is 0.0974. The first-order chi connectivity index (χ1) is 6.73. The van der Waals surface area contributed by atoms with E-state index in [1.165, 1.54) is 13.0 Å². The number of carbonyl (C=O) groups is 1. The summed E-state index contributed by atoms with van der Waals surface area (Å²) in [6.07, 6.45) is -4.41. The van der Waals surface area contributed by atoms with E-state index in [0.29, 0.717) is 5.56 Å². The van der Waals surface area contributed by atoms with Crippen molar-refractivity contribution in [2.45, 2.75) is 20.0 Å². The molecule has 0 aromatic heterocycles. The average Bonchev–Trinajstić information content (AvgIpc) is 2.06. The van der Waals surface area contributed by atoms with E-state index >= 15 is 0 Å². The van der Waals surface area contributed by atoms with Crippen LogP contribution >= 0.6 is 22.6 Å². The van der Waals surface area contributed by atoms with Crippen LogP contribution in [-0.4, -0.2) is 5.78 Å². The fourth-order valence-corrected chi connectivity index (χ4v) is 1.80. The topological polar surface area (TPSA) is 17.1 Å². The molecular weight excluding hydrogens is 320 g/mol. The Kier molecular flexibility index (Phi) is 3.42. The van der Waals surface area contributed by atoms with Gasteiger partial charge in [0.1, 0.15) is 0 Å². The molecule has 0 aliphatic rings. The van der Waals surface area contributed by atoms with Crippen LogP contribution in [0.25, 0.3) is 0 Å². The Morgan fingerprint density at radius 1 is 1.33 bits per heavy atom. The lowest BCUT2D eigenvalue weighted by atomic mass is 10.0. The van der Waals surface area contributed by atoms with Crippen molar-refractivity contribution in [1.29, 1.82) is 0 Å². The molecule has 0 spiro atoms. The van der Waals surface area contributed by atoms with Gasteiger partial charge in [0.05, 0.1) is 5.56 Å². The number of ketones is 1. The molecule has 1 rings (SSSR count). The van der Waals surface area contributed by atoms with E-state index < -0.39 is 11.7 Å². The fourth-order valence-electron chi connectivity index (χ4n) is 1.18. The highest BCUT2D eigenvalue weighted by molar-refractivity contribution is 14.1. The molecule has 0 amide bonds. The normalized spacial score (nSPS) is 11.6. The molecule has 82 valence electrons. The monoisotopic (exact) mass is 328 g/mol. The van der Waals surface area contributed by atoms with Gasteiger partial charge in [-0.1, -0.05) is 0 Å². The lowest BCUT2D eigenvalue weighted by Crippen LogP contribution is -2.10. The van der Waals surface area contributed by atoms with Crippen LogP contribution in [0, 0.1) is 10.5 Å². The molecular formula is C10H8F3IO. The standard InChI is InChI=1S/C10H8F3IO/c1-5-3-7(6(2)15)4-8(9(5)14)10(11,12)13/h3-4H,1-2H3. The van der Waals surface area contributed by atoms with E-state index in [-0.39, 0.29) is 14.9 Å². The highest BCUT2D eigenvalue weighted by atomic mass is 127. The molecule has 0 aliphatic heterocycles. The van der Waals surface area contributed by atoms with Crippen LogP contribution in [-0.2, 0) is 6.18 Å². The molecule has 0 radical (unpaired) electrons. The Labute approximate surface area is 98.8 Å². The van der Waals surface area contributed by atoms with Gasteiger partial charge in [-0.15, -0.1) is 0 Å². The molecule has 0 bridgehead atoms. The van der Waals surface area contributed by atoms with Gasteiger partial charge < -0.3 is 0 Å². The second-order valence-electron chi connectivity index (χ2n) is 3.21. The fraction of sp³-hybridized carbons (Fsp3) is 0.300. The van der Waals surface area contributed by atoms with Gasteiger partial charge in [0, 0.05) is 9.13 Å². The number of Topliss-reactive ketones (excluding diaryl/α,β-unsaturated/α-hetero) is 1. The van der Waals surface area contributed by atoms with Crippen molar-refractivity contribution >= 4 is 28.4 Å². The van der Waals surface area contributed by atoms with Gasteiger partial charge >= 0.3 is 6.18 Å². The van der Waals surface area contributed by atoms with Crippen LogP contribution in [0.3, 0.4) is 0 Å². The lowest BCUT2D eigenvalue weighted by Gasteiger charge is -2.12. The molecule has 0 unspecified atom stereocenters. The molecule has 5 heteroatoms. The number of alkyl halides is 3. The van der Waals surface area contributed by atoms with Crippen molar-refractivity contribution in [2.75, 3.05) is 0 Å². The molecule has 0 saturated carbocycles. The van der Waals surface area contributed by atoms with E-state index in [1.54, 1.807) is 29.5 Å². The van der Waals surface area contributed by atoms with Crippen molar-refractivity contribution in [3.05, 3.63) is 32.4 Å². The molecule has 0 saturated heterocycles. The SMILES string of the molecule is CC(=O)c1cc(C)c(I)c(C(F)(F)F)c1. The second kappa shape index (κ2) is 4.11. The summed E-state index contributed by atoms with van der Waals surface area (Å²) in [4.78, 5) is 11.0. The Morgan fingerprint density at radius 3 is 2.27 bits per heavy atom. The summed E-state index contributed by atoms with van der Waals surface area (Å²) < 4.78 is 37.8. The zero-order valence-electron chi connectivity index (χ0n) is 8.07. The Bertz CT molecular complexity index is 410. The van der Waals surface area contributed by atoms with Crippen LogP contribution in [0.1, 0.15) is 28.4 Å². The van der Waals surface area contributed by atoms with Crippen molar-refractivity contribution < 1.29 is 18.0 Å². The van der Waals surface area contributed by atoms with Gasteiger partial charge in [-0.25, -0.2) is 0 Å². The maximum Gasteiger partial charge on any atom is 0.417 e. The smallest absolute Gasteiger partial charge is 0.295 e. The van der Waals surface area contributed by atoms with E-state index in [9.17, 15) is 18.0 Å². The van der Waals surface area contributed by atoms with Crippen LogP contribution in [0.5, 0.6) is 0 Å². The number of hydrogen-bond donors (Lipinski definition) is 0. The molecule has 1 aromatic carbocycles. The number of hydrogen-bond acceptors (Lipinski definition) is 1. The van der Waals surface area contributed by atoms with Crippen LogP contribution < -0.4 is 0 Å². The third kappa shape index (κ3) is 2.70. The average molecular weight is 328 g/mol. The maximum absolute atomic E-state index is 12.6.